The van der Waals surface area contributed by atoms with Gasteiger partial charge in [-0.1, -0.05) is 24.0 Å². The Morgan fingerprint density at radius 2 is 2.00 bits per heavy atom. The summed E-state index contributed by atoms with van der Waals surface area (Å²) in [6, 6.07) is 7.17. The normalized spacial score (nSPS) is 10.4. The smallest absolute Gasteiger partial charge is 0.339 e. The van der Waals surface area contributed by atoms with Crippen LogP contribution in [0.5, 0.6) is 0 Å². The van der Waals surface area contributed by atoms with Crippen molar-refractivity contribution in [2.24, 2.45) is 0 Å². The van der Waals surface area contributed by atoms with E-state index < -0.39 is 5.60 Å². The van der Waals surface area contributed by atoms with Gasteiger partial charge in [-0.3, -0.25) is 0 Å². The molecule has 0 amide bonds. The summed E-state index contributed by atoms with van der Waals surface area (Å²) in [7, 11) is 0. The molecule has 0 aliphatic rings. The van der Waals surface area contributed by atoms with Gasteiger partial charge in [-0.05, 0) is 32.9 Å². The molecule has 1 rings (SSSR count). The number of benzene rings is 1. The van der Waals surface area contributed by atoms with E-state index in [-0.39, 0.29) is 5.97 Å². The number of ether oxygens (including phenoxy) is 1. The first-order valence-corrected chi connectivity index (χ1v) is 6.35. The molecule has 0 saturated carbocycles. The van der Waals surface area contributed by atoms with Gasteiger partial charge in [-0.25, -0.2) is 4.79 Å². The van der Waals surface area contributed by atoms with E-state index in [9.17, 15) is 4.79 Å². The number of carbonyl (C=O) groups is 1. The Morgan fingerprint density at radius 3 is 2.61 bits per heavy atom. The lowest BCUT2D eigenvalue weighted by Gasteiger charge is -2.19. The van der Waals surface area contributed by atoms with Gasteiger partial charge in [0, 0.05) is 17.9 Å². The van der Waals surface area contributed by atoms with Gasteiger partial charge < -0.3 is 4.74 Å². The molecule has 1 aromatic carbocycles. The summed E-state index contributed by atoms with van der Waals surface area (Å²) in [5.74, 6) is 6.00. The van der Waals surface area contributed by atoms with Crippen LogP contribution in [0.3, 0.4) is 0 Å². The second-order valence-electron chi connectivity index (χ2n) is 4.79. The van der Waals surface area contributed by atoms with E-state index in [1.165, 1.54) is 0 Å². The Labute approximate surface area is 113 Å². The molecule has 96 valence electrons. The molecule has 0 saturated heterocycles. The first-order chi connectivity index (χ1) is 8.44. The Morgan fingerprint density at radius 1 is 1.33 bits per heavy atom. The third-order valence-corrected chi connectivity index (χ3v) is 2.18. The molecule has 0 aliphatic heterocycles. The van der Waals surface area contributed by atoms with Gasteiger partial charge >= 0.3 is 5.97 Å². The van der Waals surface area contributed by atoms with Crippen molar-refractivity contribution in [2.45, 2.75) is 32.8 Å². The molecule has 0 fully saturated rings. The minimum Gasteiger partial charge on any atom is -0.456 e. The lowest BCUT2D eigenvalue weighted by molar-refractivity contribution is 0.00693. The highest BCUT2D eigenvalue weighted by molar-refractivity contribution is 6.18. The largest absolute Gasteiger partial charge is 0.456 e. The van der Waals surface area contributed by atoms with Gasteiger partial charge in [0.2, 0.25) is 0 Å². The zero-order valence-electron chi connectivity index (χ0n) is 10.9. The second-order valence-corrected chi connectivity index (χ2v) is 5.17. The number of alkyl halides is 1. The van der Waals surface area contributed by atoms with Crippen LogP contribution in [-0.2, 0) is 4.74 Å². The number of esters is 1. The first kappa shape index (κ1) is 14.6. The zero-order chi connectivity index (χ0) is 13.6. The number of halogens is 1. The van der Waals surface area contributed by atoms with Crippen LogP contribution in [0.25, 0.3) is 0 Å². The molecule has 1 aromatic rings. The molecule has 0 bridgehead atoms. The molecular weight excluding hydrogens is 248 g/mol. The quantitative estimate of drug-likeness (QED) is 0.463. The van der Waals surface area contributed by atoms with Crippen molar-refractivity contribution in [3.05, 3.63) is 35.4 Å². The SMILES string of the molecule is CC(C)(C)OC(=O)c1ccccc1C#CCCCl. The number of rotatable bonds is 2. The summed E-state index contributed by atoms with van der Waals surface area (Å²) in [5.41, 5.74) is 0.666. The molecule has 0 unspecified atom stereocenters. The van der Waals surface area contributed by atoms with Gasteiger partial charge in [-0.15, -0.1) is 11.6 Å². The average Bonchev–Trinajstić information content (AvgIpc) is 2.27. The Balaban J connectivity index is 2.96. The van der Waals surface area contributed by atoms with E-state index in [2.05, 4.69) is 11.8 Å². The van der Waals surface area contributed by atoms with Crippen molar-refractivity contribution >= 4 is 17.6 Å². The molecular formula is C15H17ClO2. The lowest BCUT2D eigenvalue weighted by Crippen LogP contribution is -2.24. The highest BCUT2D eigenvalue weighted by Gasteiger charge is 2.19. The van der Waals surface area contributed by atoms with Gasteiger partial charge in [0.05, 0.1) is 5.56 Å². The fourth-order valence-corrected chi connectivity index (χ4v) is 1.40. The van der Waals surface area contributed by atoms with Crippen LogP contribution in [0, 0.1) is 11.8 Å². The van der Waals surface area contributed by atoms with Crippen molar-refractivity contribution < 1.29 is 9.53 Å². The van der Waals surface area contributed by atoms with Crippen LogP contribution >= 0.6 is 11.6 Å². The monoisotopic (exact) mass is 264 g/mol. The molecule has 2 nitrogen and oxygen atoms in total. The summed E-state index contributed by atoms with van der Waals surface area (Å²) in [6.45, 7) is 5.52. The molecule has 0 heterocycles. The fourth-order valence-electron chi connectivity index (χ4n) is 1.31. The third kappa shape index (κ3) is 4.81. The van der Waals surface area contributed by atoms with E-state index >= 15 is 0 Å². The molecule has 3 heteroatoms. The molecule has 0 N–H and O–H groups in total. The van der Waals surface area contributed by atoms with Gasteiger partial charge in [0.1, 0.15) is 5.60 Å². The third-order valence-electron chi connectivity index (χ3n) is 1.99. The maximum Gasteiger partial charge on any atom is 0.339 e. The molecule has 0 aromatic heterocycles. The van der Waals surface area contributed by atoms with Crippen molar-refractivity contribution in [1.82, 2.24) is 0 Å². The first-order valence-electron chi connectivity index (χ1n) is 5.81. The Hall–Kier alpha value is -1.46. The van der Waals surface area contributed by atoms with E-state index in [1.807, 2.05) is 26.8 Å². The van der Waals surface area contributed by atoms with Crippen LogP contribution in [0.15, 0.2) is 24.3 Å². The standard InChI is InChI=1S/C15H17ClO2/c1-15(2,3)18-14(17)13-10-5-4-8-12(13)9-6-7-11-16/h4-5,8,10H,7,11H2,1-3H3. The van der Waals surface area contributed by atoms with Crippen LogP contribution in [0.4, 0.5) is 0 Å². The molecule has 0 atom stereocenters. The highest BCUT2D eigenvalue weighted by Crippen LogP contribution is 2.15. The van der Waals surface area contributed by atoms with E-state index in [0.717, 1.165) is 0 Å². The number of hydrogen-bond acceptors (Lipinski definition) is 2. The topological polar surface area (TPSA) is 26.3 Å². The summed E-state index contributed by atoms with van der Waals surface area (Å²) in [4.78, 5) is 12.0. The molecule has 0 spiro atoms. The Kier molecular flexibility index (Phi) is 5.25. The summed E-state index contributed by atoms with van der Waals surface area (Å²) >= 11 is 5.56. The molecule has 0 radical (unpaired) electrons. The minimum absolute atomic E-state index is 0.349. The van der Waals surface area contributed by atoms with E-state index in [4.69, 9.17) is 16.3 Å². The lowest BCUT2D eigenvalue weighted by atomic mass is 10.1. The van der Waals surface area contributed by atoms with E-state index in [1.54, 1.807) is 18.2 Å². The maximum absolute atomic E-state index is 12.0. The minimum atomic E-state index is -0.506. The van der Waals surface area contributed by atoms with Crippen LogP contribution in [0.2, 0.25) is 0 Å². The molecule has 0 aliphatic carbocycles. The highest BCUT2D eigenvalue weighted by atomic mass is 35.5. The van der Waals surface area contributed by atoms with Crippen LogP contribution in [0.1, 0.15) is 43.1 Å². The van der Waals surface area contributed by atoms with Crippen molar-refractivity contribution in [1.29, 1.82) is 0 Å². The number of hydrogen-bond donors (Lipinski definition) is 0. The van der Waals surface area contributed by atoms with Gasteiger partial charge in [0.25, 0.3) is 0 Å². The van der Waals surface area contributed by atoms with Crippen molar-refractivity contribution in [3.63, 3.8) is 0 Å². The zero-order valence-corrected chi connectivity index (χ0v) is 11.7. The summed E-state index contributed by atoms with van der Waals surface area (Å²) in [6.07, 6.45) is 0.601. The fraction of sp³-hybridized carbons (Fsp3) is 0.400. The van der Waals surface area contributed by atoms with E-state index in [0.29, 0.717) is 23.4 Å². The van der Waals surface area contributed by atoms with Crippen LogP contribution in [-0.4, -0.2) is 17.5 Å². The van der Waals surface area contributed by atoms with Crippen LogP contribution < -0.4 is 0 Å². The summed E-state index contributed by atoms with van der Waals surface area (Å²) < 4.78 is 5.34. The van der Waals surface area contributed by atoms with Gasteiger partial charge in [0.15, 0.2) is 0 Å². The second kappa shape index (κ2) is 6.47. The van der Waals surface area contributed by atoms with Crippen molar-refractivity contribution in [2.75, 3.05) is 5.88 Å². The predicted octanol–water partition coefficient (Wildman–Crippen LogP) is 3.62. The number of carbonyl (C=O) groups excluding carboxylic acids is 1. The molecule has 18 heavy (non-hydrogen) atoms. The summed E-state index contributed by atoms with van der Waals surface area (Å²) in [5, 5.41) is 0. The van der Waals surface area contributed by atoms with Gasteiger partial charge in [-0.2, -0.15) is 0 Å². The Bertz CT molecular complexity index is 475. The average molecular weight is 265 g/mol. The predicted molar refractivity (Wildman–Crippen MR) is 73.8 cm³/mol. The maximum atomic E-state index is 12.0. The van der Waals surface area contributed by atoms with Crippen molar-refractivity contribution in [3.8, 4) is 11.8 Å².